The molecule has 5 rings (SSSR count). The lowest BCUT2D eigenvalue weighted by molar-refractivity contribution is 0.210. The highest BCUT2D eigenvalue weighted by Crippen LogP contribution is 2.35. The predicted octanol–water partition coefficient (Wildman–Crippen LogP) is 4.22. The van der Waals surface area contributed by atoms with Gasteiger partial charge in [-0.15, -0.1) is 0 Å². The zero-order valence-corrected chi connectivity index (χ0v) is 19.8. The molecule has 0 aliphatic rings. The number of sulfone groups is 1. The Morgan fingerprint density at radius 2 is 1.86 bits per heavy atom. The number of imidazole rings is 1. The molecule has 5 aromatic rings. The summed E-state index contributed by atoms with van der Waals surface area (Å²) in [5, 5.41) is 11.0. The van der Waals surface area contributed by atoms with Crippen LogP contribution in [0.3, 0.4) is 0 Å². The highest BCUT2D eigenvalue weighted by atomic mass is 32.2. The largest absolute Gasteiger partial charge is 0.456 e. The first kappa shape index (κ1) is 23.5. The fraction of sp³-hybridized carbons (Fsp3) is 0.120. The maximum Gasteiger partial charge on any atom is 0.195 e. The molecule has 1 unspecified atom stereocenters. The number of benzene rings is 1. The van der Waals surface area contributed by atoms with Gasteiger partial charge in [-0.2, -0.15) is 0 Å². The van der Waals surface area contributed by atoms with Crippen LogP contribution in [0.15, 0.2) is 78.2 Å². The summed E-state index contributed by atoms with van der Waals surface area (Å²) in [6.45, 7) is 1.54. The molecule has 0 radical (unpaired) electrons. The van der Waals surface area contributed by atoms with Gasteiger partial charge in [0.25, 0.3) is 0 Å². The Bertz CT molecular complexity index is 1640. The van der Waals surface area contributed by atoms with Crippen molar-refractivity contribution in [2.75, 3.05) is 5.75 Å². The third kappa shape index (κ3) is 4.53. The van der Waals surface area contributed by atoms with E-state index in [1.165, 1.54) is 49.6 Å². The zero-order chi connectivity index (χ0) is 25.3. The first-order chi connectivity index (χ1) is 17.4. The van der Waals surface area contributed by atoms with Crippen molar-refractivity contribution in [1.29, 1.82) is 0 Å². The molecule has 182 valence electrons. The van der Waals surface area contributed by atoms with E-state index in [0.29, 0.717) is 22.6 Å². The van der Waals surface area contributed by atoms with E-state index in [9.17, 15) is 17.9 Å². The Balaban J connectivity index is 1.59. The normalized spacial score (nSPS) is 12.5. The van der Waals surface area contributed by atoms with Crippen LogP contribution in [0.5, 0.6) is 11.5 Å². The Labute approximate surface area is 205 Å². The number of hydrogen-bond acceptors (Lipinski definition) is 8. The van der Waals surface area contributed by atoms with Crippen LogP contribution < -0.4 is 4.74 Å². The molecule has 0 aliphatic heterocycles. The average molecular weight is 506 g/mol. The molecular formula is C25H20FN5O4S. The number of H-pyrrole nitrogens is 1. The number of hydrogen-bond donors (Lipinski definition) is 2. The summed E-state index contributed by atoms with van der Waals surface area (Å²) in [5.74, 6) is 0.284. The van der Waals surface area contributed by atoms with Gasteiger partial charge < -0.3 is 14.8 Å². The van der Waals surface area contributed by atoms with Gasteiger partial charge >= 0.3 is 0 Å². The molecule has 2 N–H and O–H groups in total. The summed E-state index contributed by atoms with van der Waals surface area (Å²) in [6, 6.07) is 14.1. The van der Waals surface area contributed by atoms with E-state index >= 15 is 0 Å². The van der Waals surface area contributed by atoms with Crippen molar-refractivity contribution in [3.8, 4) is 23.0 Å². The lowest BCUT2D eigenvalue weighted by Gasteiger charge is -2.14. The van der Waals surface area contributed by atoms with Crippen LogP contribution >= 0.6 is 0 Å². The Morgan fingerprint density at radius 1 is 1.03 bits per heavy atom. The van der Waals surface area contributed by atoms with Gasteiger partial charge in [0.15, 0.2) is 20.7 Å². The number of aliphatic hydroxyl groups is 1. The number of aliphatic hydroxyl groups excluding tert-OH is 1. The monoisotopic (exact) mass is 505 g/mol. The van der Waals surface area contributed by atoms with Crippen molar-refractivity contribution >= 4 is 20.9 Å². The number of aromatic nitrogens is 5. The van der Waals surface area contributed by atoms with Gasteiger partial charge in [0.2, 0.25) is 0 Å². The van der Waals surface area contributed by atoms with Gasteiger partial charge in [0.05, 0.1) is 23.0 Å². The van der Waals surface area contributed by atoms with Crippen LogP contribution in [0, 0.1) is 5.82 Å². The zero-order valence-electron chi connectivity index (χ0n) is 19.0. The van der Waals surface area contributed by atoms with Crippen LogP contribution in [-0.2, 0) is 9.84 Å². The molecule has 0 bridgehead atoms. The highest BCUT2D eigenvalue weighted by Gasteiger charge is 2.23. The first-order valence-corrected chi connectivity index (χ1v) is 12.6. The number of pyridine rings is 3. The van der Waals surface area contributed by atoms with Crippen LogP contribution in [0.2, 0.25) is 0 Å². The average Bonchev–Trinajstić information content (AvgIpc) is 3.33. The van der Waals surface area contributed by atoms with E-state index in [-0.39, 0.29) is 33.5 Å². The van der Waals surface area contributed by atoms with Crippen LogP contribution in [0.4, 0.5) is 4.39 Å². The second-order valence-electron chi connectivity index (χ2n) is 7.82. The molecule has 1 aromatic carbocycles. The van der Waals surface area contributed by atoms with Crippen molar-refractivity contribution in [1.82, 2.24) is 24.9 Å². The number of ether oxygens (including phenoxy) is 1. The molecule has 36 heavy (non-hydrogen) atoms. The van der Waals surface area contributed by atoms with Gasteiger partial charge in [0, 0.05) is 24.0 Å². The minimum absolute atomic E-state index is 0.0527. The molecule has 4 aromatic heterocycles. The maximum absolute atomic E-state index is 14.5. The molecule has 9 nitrogen and oxygen atoms in total. The lowest BCUT2D eigenvalue weighted by Crippen LogP contribution is -2.06. The Hall–Kier alpha value is -4.22. The van der Waals surface area contributed by atoms with Crippen molar-refractivity contribution < 1.29 is 22.7 Å². The summed E-state index contributed by atoms with van der Waals surface area (Å²) in [4.78, 5) is 20.0. The quantitative estimate of drug-likeness (QED) is 0.336. The van der Waals surface area contributed by atoms with Gasteiger partial charge in [-0.3, -0.25) is 9.97 Å². The Kier molecular flexibility index (Phi) is 6.17. The number of halogens is 1. The molecule has 0 fully saturated rings. The molecule has 0 spiro atoms. The number of fused-ring (bicyclic) bond motifs is 1. The maximum atomic E-state index is 14.5. The topological polar surface area (TPSA) is 131 Å². The second-order valence-corrected chi connectivity index (χ2v) is 10.0. The summed E-state index contributed by atoms with van der Waals surface area (Å²) >= 11 is 0. The standard InChI is InChI=1S/C25H20FN5O4S/c1-2-36(33,34)21-9-8-15(14-29-21)35-16-12-17(24(32)23-18(26)6-5-11-28-23)22-20(13-16)30-25(31-22)19-7-3-4-10-27-19/h3-14,24,32H,2H2,1H3,(H,30,31). The van der Waals surface area contributed by atoms with E-state index in [2.05, 4.69) is 24.9 Å². The Morgan fingerprint density at radius 3 is 2.56 bits per heavy atom. The summed E-state index contributed by atoms with van der Waals surface area (Å²) in [6.07, 6.45) is 2.88. The lowest BCUT2D eigenvalue weighted by atomic mass is 10.0. The van der Waals surface area contributed by atoms with E-state index < -0.39 is 21.8 Å². The first-order valence-electron chi connectivity index (χ1n) is 11.0. The fourth-order valence-electron chi connectivity index (χ4n) is 3.65. The van der Waals surface area contributed by atoms with Crippen molar-refractivity contribution in [3.05, 3.63) is 90.3 Å². The van der Waals surface area contributed by atoms with Gasteiger partial charge in [-0.1, -0.05) is 13.0 Å². The predicted molar refractivity (Wildman–Crippen MR) is 130 cm³/mol. The van der Waals surface area contributed by atoms with Crippen molar-refractivity contribution in [2.24, 2.45) is 0 Å². The van der Waals surface area contributed by atoms with E-state index in [1.54, 1.807) is 24.4 Å². The number of rotatable bonds is 7. The van der Waals surface area contributed by atoms with Crippen LogP contribution in [-0.4, -0.2) is 44.2 Å². The molecule has 0 saturated carbocycles. The SMILES string of the molecule is CCS(=O)(=O)c1ccc(Oc2cc(C(O)c3ncccc3F)c3nc(-c4ccccn4)[nH]c3c2)cn1. The van der Waals surface area contributed by atoms with Crippen molar-refractivity contribution in [3.63, 3.8) is 0 Å². The minimum Gasteiger partial charge on any atom is -0.456 e. The summed E-state index contributed by atoms with van der Waals surface area (Å²) < 4.78 is 44.4. The minimum atomic E-state index is -3.45. The molecule has 0 aliphatic carbocycles. The third-order valence-corrected chi connectivity index (χ3v) is 7.12. The van der Waals surface area contributed by atoms with Crippen LogP contribution in [0.1, 0.15) is 24.3 Å². The number of nitrogens with zero attached hydrogens (tertiary/aromatic N) is 4. The third-order valence-electron chi connectivity index (χ3n) is 5.48. The molecule has 4 heterocycles. The van der Waals surface area contributed by atoms with Gasteiger partial charge in [-0.05, 0) is 42.5 Å². The van der Waals surface area contributed by atoms with E-state index in [1.807, 2.05) is 6.07 Å². The molecule has 1 atom stereocenters. The van der Waals surface area contributed by atoms with Gasteiger partial charge in [0.1, 0.15) is 34.8 Å². The summed E-state index contributed by atoms with van der Waals surface area (Å²) in [5.41, 5.74) is 1.59. The molecule has 0 saturated heterocycles. The molecular weight excluding hydrogens is 485 g/mol. The fourth-order valence-corrected chi connectivity index (χ4v) is 4.43. The van der Waals surface area contributed by atoms with E-state index in [4.69, 9.17) is 4.74 Å². The van der Waals surface area contributed by atoms with Crippen LogP contribution in [0.25, 0.3) is 22.6 Å². The number of nitrogens with one attached hydrogen (secondary N) is 1. The summed E-state index contributed by atoms with van der Waals surface area (Å²) in [7, 11) is -3.45. The van der Waals surface area contributed by atoms with E-state index in [0.717, 1.165) is 0 Å². The van der Waals surface area contributed by atoms with Crippen molar-refractivity contribution in [2.45, 2.75) is 18.1 Å². The molecule has 11 heteroatoms. The highest BCUT2D eigenvalue weighted by molar-refractivity contribution is 7.91. The van der Waals surface area contributed by atoms with Gasteiger partial charge in [-0.25, -0.2) is 22.8 Å². The second kappa shape index (κ2) is 9.44. The number of aromatic amines is 1. The molecule has 0 amide bonds. The smallest absolute Gasteiger partial charge is 0.195 e.